The molecule has 0 spiro atoms. The molecule has 0 atom stereocenters. The molecule has 0 aliphatic heterocycles. The average Bonchev–Trinajstić information content (AvgIpc) is 2.62. The van der Waals surface area contributed by atoms with Crippen molar-refractivity contribution < 1.29 is 14.3 Å². The van der Waals surface area contributed by atoms with Gasteiger partial charge in [-0.3, -0.25) is 9.78 Å². The first kappa shape index (κ1) is 21.3. The van der Waals surface area contributed by atoms with E-state index in [4.69, 9.17) is 16.3 Å². The van der Waals surface area contributed by atoms with Crippen molar-refractivity contribution in [2.24, 2.45) is 0 Å². The lowest BCUT2D eigenvalue weighted by Crippen LogP contribution is -2.42. The van der Waals surface area contributed by atoms with E-state index in [1.165, 1.54) is 6.92 Å². The lowest BCUT2D eigenvalue weighted by Gasteiger charge is -2.31. The van der Waals surface area contributed by atoms with Crippen molar-refractivity contribution in [2.75, 3.05) is 5.32 Å². The number of amides is 1. The lowest BCUT2D eigenvalue weighted by atomic mass is 9.91. The highest BCUT2D eigenvalue weighted by Gasteiger charge is 2.26. The molecule has 2 heterocycles. The minimum atomic E-state index is -0.511. The van der Waals surface area contributed by atoms with Crippen LogP contribution in [0, 0.1) is 0 Å². The van der Waals surface area contributed by atoms with Crippen LogP contribution in [0.5, 0.6) is 0 Å². The Balaban J connectivity index is 1.70. The summed E-state index contributed by atoms with van der Waals surface area (Å²) in [5, 5.41) is 6.79. The third-order valence-electron chi connectivity index (χ3n) is 4.85. The standard InChI is InChI=1S/C21H27ClN4O3/c1-12(27)15-11-23-16-9-10-17(22)26-19(16)18(15)24-13-5-7-14(8-6-13)25-20(28)29-21(2,3)4/h9-11,13-14H,5-8H2,1-4H3,(H,23,24)(H,25,28). The number of carbonyl (C=O) groups is 2. The summed E-state index contributed by atoms with van der Waals surface area (Å²) in [6.07, 6.45) is 4.54. The number of ether oxygens (including phenoxy) is 1. The molecule has 2 aromatic heterocycles. The first-order valence-corrected chi connectivity index (χ1v) is 10.2. The first-order chi connectivity index (χ1) is 13.6. The number of pyridine rings is 2. The number of ketones is 1. The molecule has 0 radical (unpaired) electrons. The van der Waals surface area contributed by atoms with E-state index in [-0.39, 0.29) is 24.0 Å². The van der Waals surface area contributed by atoms with E-state index in [0.717, 1.165) is 25.7 Å². The van der Waals surface area contributed by atoms with E-state index in [1.54, 1.807) is 18.3 Å². The maximum atomic E-state index is 12.1. The van der Waals surface area contributed by atoms with E-state index in [2.05, 4.69) is 20.6 Å². The van der Waals surface area contributed by atoms with Crippen molar-refractivity contribution in [1.82, 2.24) is 15.3 Å². The van der Waals surface area contributed by atoms with Gasteiger partial charge in [-0.2, -0.15) is 0 Å². The molecule has 0 bridgehead atoms. The molecule has 29 heavy (non-hydrogen) atoms. The van der Waals surface area contributed by atoms with Crippen molar-refractivity contribution in [3.05, 3.63) is 29.0 Å². The number of Topliss-reactive ketones (excluding diaryl/α,β-unsaturated/α-hetero) is 1. The molecular weight excluding hydrogens is 392 g/mol. The normalized spacial score (nSPS) is 19.6. The summed E-state index contributed by atoms with van der Waals surface area (Å²) in [7, 11) is 0. The fraction of sp³-hybridized carbons (Fsp3) is 0.524. The van der Waals surface area contributed by atoms with Crippen molar-refractivity contribution in [2.45, 2.75) is 71.1 Å². The van der Waals surface area contributed by atoms with Gasteiger partial charge in [0.05, 0.1) is 16.8 Å². The molecule has 3 rings (SSSR count). The minimum absolute atomic E-state index is 0.0797. The number of alkyl carbamates (subject to hydrolysis) is 1. The summed E-state index contributed by atoms with van der Waals surface area (Å²) in [6, 6.07) is 3.72. The number of anilines is 1. The number of halogens is 1. The van der Waals surface area contributed by atoms with Crippen molar-refractivity contribution in [1.29, 1.82) is 0 Å². The van der Waals surface area contributed by atoms with Gasteiger partial charge in [0, 0.05) is 18.3 Å². The quantitative estimate of drug-likeness (QED) is 0.550. The molecule has 1 saturated carbocycles. The number of aromatic nitrogens is 2. The molecule has 2 N–H and O–H groups in total. The fourth-order valence-electron chi connectivity index (χ4n) is 3.52. The minimum Gasteiger partial charge on any atom is -0.444 e. The number of hydrogen-bond donors (Lipinski definition) is 2. The van der Waals surface area contributed by atoms with Crippen molar-refractivity contribution in [3.8, 4) is 0 Å². The summed E-state index contributed by atoms with van der Waals surface area (Å²) < 4.78 is 5.33. The van der Waals surface area contributed by atoms with Gasteiger partial charge in [0.15, 0.2) is 5.78 Å². The number of nitrogens with zero attached hydrogens (tertiary/aromatic N) is 2. The van der Waals surface area contributed by atoms with Gasteiger partial charge < -0.3 is 15.4 Å². The van der Waals surface area contributed by atoms with Gasteiger partial charge in [0.2, 0.25) is 0 Å². The van der Waals surface area contributed by atoms with Crippen LogP contribution in [0.3, 0.4) is 0 Å². The molecular formula is C21H27ClN4O3. The zero-order chi connectivity index (χ0) is 21.2. The van der Waals surface area contributed by atoms with Crippen LogP contribution in [-0.2, 0) is 4.74 Å². The van der Waals surface area contributed by atoms with E-state index < -0.39 is 5.60 Å². The highest BCUT2D eigenvalue weighted by atomic mass is 35.5. The van der Waals surface area contributed by atoms with Gasteiger partial charge in [0.1, 0.15) is 16.3 Å². The summed E-state index contributed by atoms with van der Waals surface area (Å²) in [4.78, 5) is 32.8. The van der Waals surface area contributed by atoms with E-state index >= 15 is 0 Å². The molecule has 0 unspecified atom stereocenters. The molecule has 0 saturated heterocycles. The van der Waals surface area contributed by atoms with Gasteiger partial charge in [-0.25, -0.2) is 9.78 Å². The average molecular weight is 419 g/mol. The highest BCUT2D eigenvalue weighted by Crippen LogP contribution is 2.30. The third kappa shape index (κ3) is 5.56. The Morgan fingerprint density at radius 1 is 1.14 bits per heavy atom. The topological polar surface area (TPSA) is 93.2 Å². The Bertz CT molecular complexity index is 918. The molecule has 156 valence electrons. The summed E-state index contributed by atoms with van der Waals surface area (Å²) in [5.74, 6) is -0.0797. The van der Waals surface area contributed by atoms with Crippen LogP contribution in [0.1, 0.15) is 63.7 Å². The SMILES string of the molecule is CC(=O)c1cnc2ccc(Cl)nc2c1NC1CCC(NC(=O)OC(C)(C)C)CC1. The number of carbonyl (C=O) groups excluding carboxylic acids is 2. The predicted octanol–water partition coefficient (Wildman–Crippen LogP) is 4.73. The number of rotatable bonds is 4. The van der Waals surface area contributed by atoms with Gasteiger partial charge in [0.25, 0.3) is 0 Å². The summed E-state index contributed by atoms with van der Waals surface area (Å²) >= 11 is 6.07. The van der Waals surface area contributed by atoms with Crippen molar-refractivity contribution >= 4 is 40.2 Å². The first-order valence-electron chi connectivity index (χ1n) is 9.84. The lowest BCUT2D eigenvalue weighted by molar-refractivity contribution is 0.0492. The summed E-state index contributed by atoms with van der Waals surface area (Å²) in [5.41, 5.74) is 1.94. The maximum absolute atomic E-state index is 12.1. The smallest absolute Gasteiger partial charge is 0.407 e. The van der Waals surface area contributed by atoms with E-state index in [0.29, 0.717) is 27.4 Å². The largest absolute Gasteiger partial charge is 0.444 e. The van der Waals surface area contributed by atoms with Crippen LogP contribution in [-0.4, -0.2) is 39.5 Å². The second-order valence-electron chi connectivity index (χ2n) is 8.44. The Labute approximate surface area is 175 Å². The predicted molar refractivity (Wildman–Crippen MR) is 114 cm³/mol. The van der Waals surface area contributed by atoms with Gasteiger partial charge in [-0.05, 0) is 65.5 Å². The maximum Gasteiger partial charge on any atom is 0.407 e. The van der Waals surface area contributed by atoms with Crippen LogP contribution >= 0.6 is 11.6 Å². The molecule has 7 nitrogen and oxygen atoms in total. The molecule has 0 aromatic carbocycles. The Hall–Kier alpha value is -2.41. The summed E-state index contributed by atoms with van der Waals surface area (Å²) in [6.45, 7) is 7.05. The number of hydrogen-bond acceptors (Lipinski definition) is 6. The highest BCUT2D eigenvalue weighted by molar-refractivity contribution is 6.30. The van der Waals surface area contributed by atoms with Crippen molar-refractivity contribution in [3.63, 3.8) is 0 Å². The third-order valence-corrected chi connectivity index (χ3v) is 5.07. The van der Waals surface area contributed by atoms with Crippen LogP contribution < -0.4 is 10.6 Å². The van der Waals surface area contributed by atoms with Crippen LogP contribution in [0.15, 0.2) is 18.3 Å². The Morgan fingerprint density at radius 3 is 2.41 bits per heavy atom. The molecule has 2 aromatic rings. The van der Waals surface area contributed by atoms with E-state index in [1.807, 2.05) is 20.8 Å². The fourth-order valence-corrected chi connectivity index (χ4v) is 3.66. The van der Waals surface area contributed by atoms with Crippen LogP contribution in [0.25, 0.3) is 11.0 Å². The molecule has 1 aliphatic rings. The van der Waals surface area contributed by atoms with E-state index in [9.17, 15) is 9.59 Å². The van der Waals surface area contributed by atoms with Gasteiger partial charge in [-0.1, -0.05) is 11.6 Å². The Morgan fingerprint density at radius 2 is 1.79 bits per heavy atom. The number of fused-ring (bicyclic) bond motifs is 1. The monoisotopic (exact) mass is 418 g/mol. The van der Waals surface area contributed by atoms with Gasteiger partial charge in [-0.15, -0.1) is 0 Å². The zero-order valence-corrected chi connectivity index (χ0v) is 18.0. The second-order valence-corrected chi connectivity index (χ2v) is 8.83. The van der Waals surface area contributed by atoms with Crippen LogP contribution in [0.4, 0.5) is 10.5 Å². The number of nitrogens with one attached hydrogen (secondary N) is 2. The van der Waals surface area contributed by atoms with Crippen LogP contribution in [0.2, 0.25) is 5.15 Å². The molecule has 1 amide bonds. The molecule has 1 fully saturated rings. The second kappa shape index (κ2) is 8.53. The Kier molecular flexibility index (Phi) is 6.27. The molecule has 1 aliphatic carbocycles. The zero-order valence-electron chi connectivity index (χ0n) is 17.2. The molecule has 8 heteroatoms. The van der Waals surface area contributed by atoms with Gasteiger partial charge >= 0.3 is 6.09 Å².